The van der Waals surface area contributed by atoms with E-state index in [0.717, 1.165) is 30.9 Å². The quantitative estimate of drug-likeness (QED) is 0.797. The molecule has 1 heterocycles. The van der Waals surface area contributed by atoms with Crippen LogP contribution in [0.15, 0.2) is 48.5 Å². The molecular weight excluding hydrogens is 304 g/mol. The lowest BCUT2D eigenvalue weighted by Gasteiger charge is -2.27. The molecule has 3 rings (SSSR count). The summed E-state index contributed by atoms with van der Waals surface area (Å²) in [7, 11) is 1.90. The van der Waals surface area contributed by atoms with Crippen molar-refractivity contribution in [3.05, 3.63) is 54.1 Å². The fourth-order valence-corrected chi connectivity index (χ4v) is 3.09. The number of likely N-dealkylation sites (N-methyl/N-ethyl adjacent to an activating group) is 1. The van der Waals surface area contributed by atoms with E-state index in [4.69, 9.17) is 14.9 Å². The van der Waals surface area contributed by atoms with Crippen LogP contribution in [0, 0.1) is 0 Å². The first-order chi connectivity index (χ1) is 11.6. The molecule has 0 bridgehead atoms. The minimum atomic E-state index is -1.29. The number of nitrogens with zero attached hydrogens (tertiary/aromatic N) is 2. The van der Waals surface area contributed by atoms with Gasteiger partial charge in [-0.25, -0.2) is 0 Å². The Morgan fingerprint density at radius 3 is 2.58 bits per heavy atom. The van der Waals surface area contributed by atoms with Gasteiger partial charge in [0.15, 0.2) is 6.29 Å². The Morgan fingerprint density at radius 1 is 1.08 bits per heavy atom. The summed E-state index contributed by atoms with van der Waals surface area (Å²) in [6.45, 7) is 2.46. The summed E-state index contributed by atoms with van der Waals surface area (Å²) in [5.41, 5.74) is 3.42. The van der Waals surface area contributed by atoms with Crippen molar-refractivity contribution in [2.24, 2.45) is 0 Å². The lowest BCUT2D eigenvalue weighted by Crippen LogP contribution is -2.31. The summed E-state index contributed by atoms with van der Waals surface area (Å²) in [6, 6.07) is 16.4. The van der Waals surface area contributed by atoms with Gasteiger partial charge in [0.25, 0.3) is 0 Å². The number of rotatable bonds is 6. The Morgan fingerprint density at radius 2 is 1.79 bits per heavy atom. The average molecular weight is 328 g/mol. The maximum Gasteiger partial charge on any atom is 0.164 e. The van der Waals surface area contributed by atoms with Crippen LogP contribution in [0.3, 0.4) is 0 Å². The van der Waals surface area contributed by atoms with Crippen LogP contribution in [0.2, 0.25) is 0 Å². The number of para-hydroxylation sites is 3. The van der Waals surface area contributed by atoms with Crippen LogP contribution in [-0.4, -0.2) is 48.1 Å². The highest BCUT2D eigenvalue weighted by atomic mass is 16.5. The van der Waals surface area contributed by atoms with Gasteiger partial charge in [-0.15, -0.1) is 0 Å². The third-order valence-corrected chi connectivity index (χ3v) is 4.22. The van der Waals surface area contributed by atoms with E-state index in [-0.39, 0.29) is 6.54 Å². The summed E-state index contributed by atoms with van der Waals surface area (Å²) in [5, 5.41) is 18.1. The molecule has 0 saturated carbocycles. The molecule has 0 fully saturated rings. The SMILES string of the molecule is CN(CCCN1c2ccccc2COc2ccccc21)CC(O)O. The second kappa shape index (κ2) is 7.66. The van der Waals surface area contributed by atoms with Crippen LogP contribution >= 0.6 is 0 Å². The van der Waals surface area contributed by atoms with Crippen LogP contribution in [0.5, 0.6) is 5.75 Å². The van der Waals surface area contributed by atoms with Crippen LogP contribution in [0.1, 0.15) is 12.0 Å². The molecule has 0 spiro atoms. The van der Waals surface area contributed by atoms with Crippen LogP contribution in [0.25, 0.3) is 0 Å². The number of anilines is 2. The van der Waals surface area contributed by atoms with Crippen molar-refractivity contribution in [2.45, 2.75) is 19.3 Å². The molecule has 0 unspecified atom stereocenters. The molecule has 0 aromatic heterocycles. The topological polar surface area (TPSA) is 56.2 Å². The molecule has 2 N–H and O–H groups in total. The van der Waals surface area contributed by atoms with Gasteiger partial charge >= 0.3 is 0 Å². The molecule has 0 radical (unpaired) electrons. The number of hydrogen-bond donors (Lipinski definition) is 2. The van der Waals surface area contributed by atoms with Gasteiger partial charge in [0.1, 0.15) is 12.4 Å². The van der Waals surface area contributed by atoms with E-state index >= 15 is 0 Å². The molecule has 1 aliphatic heterocycles. The standard InChI is InChI=1S/C19H24N2O3/c1-20(13-19(22)23)11-6-12-21-16-8-3-2-7-15(16)14-24-18-10-5-4-9-17(18)21/h2-5,7-10,19,22-23H,6,11-14H2,1H3. The maximum absolute atomic E-state index is 9.06. The second-order valence-corrected chi connectivity index (χ2v) is 6.13. The van der Waals surface area contributed by atoms with Gasteiger partial charge in [0.05, 0.1) is 5.69 Å². The van der Waals surface area contributed by atoms with E-state index in [1.54, 1.807) is 0 Å². The first-order valence-electron chi connectivity index (χ1n) is 8.27. The van der Waals surface area contributed by atoms with Crippen LogP contribution < -0.4 is 9.64 Å². The van der Waals surface area contributed by atoms with Crippen molar-refractivity contribution in [3.63, 3.8) is 0 Å². The number of hydrogen-bond acceptors (Lipinski definition) is 5. The average Bonchev–Trinajstić information content (AvgIpc) is 2.72. The minimum absolute atomic E-state index is 0.260. The summed E-state index contributed by atoms with van der Waals surface area (Å²) in [5.74, 6) is 0.896. The largest absolute Gasteiger partial charge is 0.487 e. The van der Waals surface area contributed by atoms with E-state index < -0.39 is 6.29 Å². The molecule has 0 atom stereocenters. The molecule has 128 valence electrons. The summed E-state index contributed by atoms with van der Waals surface area (Å²) < 4.78 is 5.97. The number of aliphatic hydroxyl groups is 2. The number of aliphatic hydroxyl groups excluding tert-OH is 1. The second-order valence-electron chi connectivity index (χ2n) is 6.13. The van der Waals surface area contributed by atoms with Gasteiger partial charge in [0.2, 0.25) is 0 Å². The molecule has 0 aliphatic carbocycles. The first-order valence-corrected chi connectivity index (χ1v) is 8.27. The van der Waals surface area contributed by atoms with Crippen molar-refractivity contribution >= 4 is 11.4 Å². The van der Waals surface area contributed by atoms with E-state index in [1.165, 1.54) is 11.3 Å². The Kier molecular flexibility index (Phi) is 5.35. The van der Waals surface area contributed by atoms with Gasteiger partial charge in [-0.05, 0) is 38.2 Å². The van der Waals surface area contributed by atoms with Gasteiger partial charge < -0.3 is 24.7 Å². The molecule has 0 amide bonds. The predicted molar refractivity (Wildman–Crippen MR) is 94.6 cm³/mol. The summed E-state index contributed by atoms with van der Waals surface area (Å²) >= 11 is 0. The van der Waals surface area contributed by atoms with Gasteiger partial charge in [0, 0.05) is 24.3 Å². The van der Waals surface area contributed by atoms with E-state index in [9.17, 15) is 0 Å². The smallest absolute Gasteiger partial charge is 0.164 e. The Labute approximate surface area is 142 Å². The van der Waals surface area contributed by atoms with Gasteiger partial charge in [-0.1, -0.05) is 30.3 Å². The molecule has 5 nitrogen and oxygen atoms in total. The van der Waals surface area contributed by atoms with E-state index in [1.807, 2.05) is 42.3 Å². The summed E-state index contributed by atoms with van der Waals surface area (Å²) in [6.07, 6.45) is -0.380. The minimum Gasteiger partial charge on any atom is -0.487 e. The Hall–Kier alpha value is -2.08. The lowest BCUT2D eigenvalue weighted by atomic mass is 10.1. The molecule has 24 heavy (non-hydrogen) atoms. The molecule has 2 aromatic rings. The fourth-order valence-electron chi connectivity index (χ4n) is 3.09. The zero-order valence-corrected chi connectivity index (χ0v) is 13.9. The monoisotopic (exact) mass is 328 g/mol. The van der Waals surface area contributed by atoms with Crippen molar-refractivity contribution in [3.8, 4) is 5.75 Å². The van der Waals surface area contributed by atoms with Crippen molar-refractivity contribution in [2.75, 3.05) is 31.6 Å². The van der Waals surface area contributed by atoms with Crippen LogP contribution in [0.4, 0.5) is 11.4 Å². The van der Waals surface area contributed by atoms with Gasteiger partial charge in [-0.3, -0.25) is 0 Å². The molecule has 2 aromatic carbocycles. The highest BCUT2D eigenvalue weighted by Gasteiger charge is 2.20. The van der Waals surface area contributed by atoms with E-state index in [0.29, 0.717) is 6.61 Å². The molecular formula is C19H24N2O3. The molecule has 0 saturated heterocycles. The lowest BCUT2D eigenvalue weighted by molar-refractivity contribution is -0.0572. The van der Waals surface area contributed by atoms with Gasteiger partial charge in [-0.2, -0.15) is 0 Å². The highest BCUT2D eigenvalue weighted by molar-refractivity contribution is 5.72. The van der Waals surface area contributed by atoms with Crippen LogP contribution in [-0.2, 0) is 6.61 Å². The van der Waals surface area contributed by atoms with E-state index in [2.05, 4.69) is 23.1 Å². The highest BCUT2D eigenvalue weighted by Crippen LogP contribution is 2.39. The zero-order valence-electron chi connectivity index (χ0n) is 13.9. The third-order valence-electron chi connectivity index (χ3n) is 4.22. The summed E-state index contributed by atoms with van der Waals surface area (Å²) in [4.78, 5) is 4.22. The maximum atomic E-state index is 9.06. The Balaban J connectivity index is 1.78. The normalized spacial score (nSPS) is 13.5. The molecule has 5 heteroatoms. The third kappa shape index (κ3) is 3.87. The van der Waals surface area contributed by atoms with Crippen molar-refractivity contribution < 1.29 is 14.9 Å². The zero-order chi connectivity index (χ0) is 16.9. The fraction of sp³-hybridized carbons (Fsp3) is 0.368. The predicted octanol–water partition coefficient (Wildman–Crippen LogP) is 2.35. The number of fused-ring (bicyclic) bond motifs is 2. The number of ether oxygens (including phenoxy) is 1. The first kappa shape index (κ1) is 16.8. The van der Waals surface area contributed by atoms with Crippen molar-refractivity contribution in [1.82, 2.24) is 4.90 Å². The Bertz CT molecular complexity index is 628. The van der Waals surface area contributed by atoms with Crippen molar-refractivity contribution in [1.29, 1.82) is 0 Å². The molecule has 1 aliphatic rings. The number of benzene rings is 2.